The van der Waals surface area contributed by atoms with Gasteiger partial charge in [0.15, 0.2) is 0 Å². The van der Waals surface area contributed by atoms with Gasteiger partial charge < -0.3 is 25.4 Å². The van der Waals surface area contributed by atoms with E-state index < -0.39 is 29.1 Å². The van der Waals surface area contributed by atoms with E-state index in [1.165, 1.54) is 0 Å². The Balaban J connectivity index is 1.62. The van der Waals surface area contributed by atoms with E-state index >= 15 is 0 Å². The van der Waals surface area contributed by atoms with Crippen molar-refractivity contribution in [3.05, 3.63) is 35.9 Å². The topological polar surface area (TPSA) is 108 Å². The van der Waals surface area contributed by atoms with Gasteiger partial charge in [0.1, 0.15) is 11.6 Å². The molecular formula is C28H41N3O5. The van der Waals surface area contributed by atoms with Crippen molar-refractivity contribution >= 4 is 17.7 Å². The number of amides is 3. The lowest BCUT2D eigenvalue weighted by molar-refractivity contribution is -0.147. The molecule has 198 valence electrons. The van der Waals surface area contributed by atoms with E-state index in [0.29, 0.717) is 19.5 Å². The Hall–Kier alpha value is -2.45. The Kier molecular flexibility index (Phi) is 7.76. The number of carbonyl (C=O) groups is 3. The molecule has 3 heterocycles. The van der Waals surface area contributed by atoms with E-state index in [4.69, 9.17) is 9.84 Å². The zero-order valence-electron chi connectivity index (χ0n) is 22.0. The maximum absolute atomic E-state index is 14.0. The minimum absolute atomic E-state index is 0.0212. The average Bonchev–Trinajstić information content (AvgIpc) is 3.34. The second-order valence-corrected chi connectivity index (χ2v) is 11.2. The second kappa shape index (κ2) is 10.5. The molecule has 4 rings (SSSR count). The standard InChI is InChI=1S/C28H41N3O5/c1-18(2)30-25(34)23-28-16-19(3)27(4,36-28)21(24(33)29-17-20-12-8-7-9-13-20)22(28)26(35)31(23)14-10-5-6-11-15-32/h7-9,12-13,18-19,21-23,32H,5-6,10-11,14-17H2,1-4H3,(H,29,33)(H,30,34)/t19?,21-,22+,23?,27+,28?/m1/s1. The zero-order chi connectivity index (χ0) is 26.1. The number of likely N-dealkylation sites (tertiary alicyclic amines) is 1. The lowest BCUT2D eigenvalue weighted by Crippen LogP contribution is -2.56. The summed E-state index contributed by atoms with van der Waals surface area (Å²) in [5, 5.41) is 15.1. The van der Waals surface area contributed by atoms with Gasteiger partial charge >= 0.3 is 0 Å². The molecule has 8 nitrogen and oxygen atoms in total. The molecule has 3 N–H and O–H groups in total. The first-order valence-electron chi connectivity index (χ1n) is 13.4. The van der Waals surface area contributed by atoms with Crippen LogP contribution in [0.25, 0.3) is 0 Å². The highest BCUT2D eigenvalue weighted by atomic mass is 16.5. The van der Waals surface area contributed by atoms with Crippen LogP contribution >= 0.6 is 0 Å². The number of hydrogen-bond donors (Lipinski definition) is 3. The van der Waals surface area contributed by atoms with Gasteiger partial charge in [-0.05, 0) is 51.5 Å². The number of fused-ring (bicyclic) bond motifs is 1. The van der Waals surface area contributed by atoms with Gasteiger partial charge in [-0.25, -0.2) is 0 Å². The van der Waals surface area contributed by atoms with Gasteiger partial charge in [0.2, 0.25) is 17.7 Å². The van der Waals surface area contributed by atoms with Crippen LogP contribution in [0.2, 0.25) is 0 Å². The smallest absolute Gasteiger partial charge is 0.246 e. The highest BCUT2D eigenvalue weighted by Crippen LogP contribution is 2.65. The lowest BCUT2D eigenvalue weighted by Gasteiger charge is -2.36. The molecule has 3 aliphatic heterocycles. The molecule has 3 unspecified atom stereocenters. The van der Waals surface area contributed by atoms with Crippen molar-refractivity contribution in [3.63, 3.8) is 0 Å². The fourth-order valence-corrected chi connectivity index (χ4v) is 6.69. The van der Waals surface area contributed by atoms with Crippen molar-refractivity contribution < 1.29 is 24.2 Å². The number of aliphatic hydroxyl groups excluding tert-OH is 1. The summed E-state index contributed by atoms with van der Waals surface area (Å²) in [7, 11) is 0. The average molecular weight is 500 g/mol. The third-order valence-electron chi connectivity index (χ3n) is 8.39. The summed E-state index contributed by atoms with van der Waals surface area (Å²) in [4.78, 5) is 42.9. The molecule has 3 aliphatic rings. The van der Waals surface area contributed by atoms with Crippen LogP contribution in [-0.4, -0.2) is 64.2 Å². The van der Waals surface area contributed by atoms with Crippen molar-refractivity contribution in [1.29, 1.82) is 0 Å². The number of unbranched alkanes of at least 4 members (excludes halogenated alkanes) is 3. The van der Waals surface area contributed by atoms with Crippen molar-refractivity contribution in [3.8, 4) is 0 Å². The van der Waals surface area contributed by atoms with Crippen molar-refractivity contribution in [2.24, 2.45) is 17.8 Å². The molecule has 36 heavy (non-hydrogen) atoms. The van der Waals surface area contributed by atoms with Crippen LogP contribution in [0, 0.1) is 17.8 Å². The van der Waals surface area contributed by atoms with Crippen LogP contribution in [0.15, 0.2) is 30.3 Å². The van der Waals surface area contributed by atoms with Crippen molar-refractivity contribution in [2.75, 3.05) is 13.2 Å². The third kappa shape index (κ3) is 4.54. The molecule has 6 atom stereocenters. The fourth-order valence-electron chi connectivity index (χ4n) is 6.69. The van der Waals surface area contributed by atoms with E-state index in [1.54, 1.807) is 4.90 Å². The highest BCUT2D eigenvalue weighted by Gasteiger charge is 2.79. The maximum Gasteiger partial charge on any atom is 0.246 e. The summed E-state index contributed by atoms with van der Waals surface area (Å²) < 4.78 is 6.71. The van der Waals surface area contributed by atoms with Crippen LogP contribution in [0.1, 0.15) is 65.4 Å². The first-order valence-corrected chi connectivity index (χ1v) is 13.4. The minimum Gasteiger partial charge on any atom is -0.396 e. The summed E-state index contributed by atoms with van der Waals surface area (Å²) in [6.45, 7) is 8.76. The van der Waals surface area contributed by atoms with Gasteiger partial charge in [-0.15, -0.1) is 0 Å². The number of ether oxygens (including phenoxy) is 1. The highest BCUT2D eigenvalue weighted by molar-refractivity contribution is 5.99. The Morgan fingerprint density at radius 2 is 1.83 bits per heavy atom. The monoisotopic (exact) mass is 499 g/mol. The molecular weight excluding hydrogens is 458 g/mol. The Labute approximate surface area is 214 Å². The number of carbonyl (C=O) groups excluding carboxylic acids is 3. The van der Waals surface area contributed by atoms with E-state index in [-0.39, 0.29) is 36.3 Å². The van der Waals surface area contributed by atoms with Crippen LogP contribution in [0.3, 0.4) is 0 Å². The van der Waals surface area contributed by atoms with Gasteiger partial charge in [0.05, 0.1) is 17.4 Å². The molecule has 2 bridgehead atoms. The van der Waals surface area contributed by atoms with Crippen molar-refractivity contribution in [1.82, 2.24) is 15.5 Å². The fraction of sp³-hybridized carbons (Fsp3) is 0.679. The molecule has 3 fully saturated rings. The molecule has 8 heteroatoms. The van der Waals surface area contributed by atoms with E-state index in [0.717, 1.165) is 31.2 Å². The zero-order valence-corrected chi connectivity index (χ0v) is 22.0. The Bertz CT molecular complexity index is 969. The Morgan fingerprint density at radius 3 is 2.50 bits per heavy atom. The first kappa shape index (κ1) is 26.6. The van der Waals surface area contributed by atoms with E-state index in [9.17, 15) is 14.4 Å². The first-order chi connectivity index (χ1) is 17.2. The molecule has 3 saturated heterocycles. The van der Waals surface area contributed by atoms with Gasteiger partial charge in [0.25, 0.3) is 0 Å². The van der Waals surface area contributed by atoms with Gasteiger partial charge in [-0.3, -0.25) is 14.4 Å². The molecule has 1 aromatic rings. The molecule has 1 spiro atoms. The molecule has 3 amide bonds. The summed E-state index contributed by atoms with van der Waals surface area (Å²) in [6.07, 6.45) is 3.75. The predicted octanol–water partition coefficient (Wildman–Crippen LogP) is 2.39. The normalized spacial score (nSPS) is 32.7. The SMILES string of the molecule is CC(C)NC(=O)C1N(CCCCCCO)C(=O)[C@@H]2[C@H](C(=O)NCc3ccccc3)[C@@]3(C)OC12CC3C. The number of rotatable bonds is 11. The van der Waals surface area contributed by atoms with Crippen LogP contribution in [0.4, 0.5) is 0 Å². The minimum atomic E-state index is -1.01. The predicted molar refractivity (Wildman–Crippen MR) is 136 cm³/mol. The lowest BCUT2D eigenvalue weighted by atomic mass is 9.62. The van der Waals surface area contributed by atoms with E-state index in [2.05, 4.69) is 17.6 Å². The number of hydrogen-bond acceptors (Lipinski definition) is 5. The number of nitrogens with one attached hydrogen (secondary N) is 2. The summed E-state index contributed by atoms with van der Waals surface area (Å²) >= 11 is 0. The van der Waals surface area contributed by atoms with Crippen molar-refractivity contribution in [2.45, 2.75) is 89.6 Å². The summed E-state index contributed by atoms with van der Waals surface area (Å²) in [5.41, 5.74) is -0.839. The van der Waals surface area contributed by atoms with Gasteiger partial charge in [0, 0.05) is 25.7 Å². The molecule has 0 aliphatic carbocycles. The Morgan fingerprint density at radius 1 is 1.14 bits per heavy atom. The van der Waals surface area contributed by atoms with Crippen LogP contribution < -0.4 is 10.6 Å². The largest absolute Gasteiger partial charge is 0.396 e. The second-order valence-electron chi connectivity index (χ2n) is 11.2. The molecule has 0 radical (unpaired) electrons. The number of aliphatic hydroxyl groups is 1. The number of nitrogens with zero attached hydrogens (tertiary/aromatic N) is 1. The number of benzene rings is 1. The molecule has 1 aromatic carbocycles. The molecule has 0 aromatic heterocycles. The maximum atomic E-state index is 14.0. The van der Waals surface area contributed by atoms with E-state index in [1.807, 2.05) is 51.1 Å². The molecule has 0 saturated carbocycles. The summed E-state index contributed by atoms with van der Waals surface area (Å²) in [5.74, 6) is -1.88. The summed E-state index contributed by atoms with van der Waals surface area (Å²) in [6, 6.07) is 8.86. The van der Waals surface area contributed by atoms with Crippen LogP contribution in [-0.2, 0) is 25.7 Å². The van der Waals surface area contributed by atoms with Crippen LogP contribution in [0.5, 0.6) is 0 Å². The van der Waals surface area contributed by atoms with Gasteiger partial charge in [-0.1, -0.05) is 50.1 Å². The third-order valence-corrected chi connectivity index (χ3v) is 8.39. The quantitative estimate of drug-likeness (QED) is 0.405. The van der Waals surface area contributed by atoms with Gasteiger partial charge in [-0.2, -0.15) is 0 Å².